The summed E-state index contributed by atoms with van der Waals surface area (Å²) in [6, 6.07) is 14.8. The molecule has 0 radical (unpaired) electrons. The van der Waals surface area contributed by atoms with Crippen molar-refractivity contribution < 1.29 is 9.59 Å². The number of carbonyl (C=O) groups is 2. The molecule has 2 amide bonds. The minimum Gasteiger partial charge on any atom is -0.289 e. The van der Waals surface area contributed by atoms with Gasteiger partial charge in [0.05, 0.1) is 5.57 Å². The van der Waals surface area contributed by atoms with Crippen LogP contribution >= 0.6 is 0 Å². The number of imide groups is 1. The first-order valence-electron chi connectivity index (χ1n) is 8.03. The Hall–Kier alpha value is -2.68. The summed E-state index contributed by atoms with van der Waals surface area (Å²) in [7, 11) is 0. The molecule has 23 heavy (non-hydrogen) atoms. The van der Waals surface area contributed by atoms with Gasteiger partial charge in [-0.2, -0.15) is 0 Å². The smallest absolute Gasteiger partial charge is 0.258 e. The Labute approximate surface area is 134 Å². The Morgan fingerprint density at radius 3 is 2.26 bits per heavy atom. The van der Waals surface area contributed by atoms with Crippen LogP contribution in [0.15, 0.2) is 48.5 Å². The third-order valence-corrected chi connectivity index (χ3v) is 5.40. The van der Waals surface area contributed by atoms with Crippen molar-refractivity contribution in [2.24, 2.45) is 0 Å². The van der Waals surface area contributed by atoms with Gasteiger partial charge >= 0.3 is 0 Å². The van der Waals surface area contributed by atoms with E-state index in [1.165, 1.54) is 28.3 Å². The normalized spacial score (nSPS) is 24.1. The zero-order valence-electron chi connectivity index (χ0n) is 12.5. The van der Waals surface area contributed by atoms with Gasteiger partial charge in [-0.15, -0.1) is 0 Å². The summed E-state index contributed by atoms with van der Waals surface area (Å²) in [5.74, 6) is 0.140. The SMILES string of the molecule is O=C1C=C(c2cccc3c2C2CCC3c3ccccc32)C(=O)N1. The van der Waals surface area contributed by atoms with Crippen LogP contribution in [0.5, 0.6) is 0 Å². The number of fused-ring (bicyclic) bond motifs is 1. The third-order valence-electron chi connectivity index (χ3n) is 5.40. The van der Waals surface area contributed by atoms with E-state index in [9.17, 15) is 9.59 Å². The van der Waals surface area contributed by atoms with E-state index in [4.69, 9.17) is 0 Å². The number of carbonyl (C=O) groups excluding carboxylic acids is 2. The Balaban J connectivity index is 1.76. The minimum atomic E-state index is -0.316. The fourth-order valence-electron chi connectivity index (χ4n) is 4.54. The molecule has 3 aliphatic carbocycles. The van der Waals surface area contributed by atoms with Crippen LogP contribution in [-0.4, -0.2) is 11.8 Å². The molecule has 1 N–H and O–H groups in total. The van der Waals surface area contributed by atoms with Crippen molar-refractivity contribution in [1.29, 1.82) is 0 Å². The molecular weight excluding hydrogens is 286 g/mol. The molecule has 0 saturated carbocycles. The first-order valence-corrected chi connectivity index (χ1v) is 8.03. The van der Waals surface area contributed by atoms with Crippen LogP contribution in [0.2, 0.25) is 0 Å². The van der Waals surface area contributed by atoms with E-state index in [-0.39, 0.29) is 11.8 Å². The van der Waals surface area contributed by atoms with Crippen LogP contribution in [0.1, 0.15) is 52.5 Å². The maximum Gasteiger partial charge on any atom is 0.258 e. The van der Waals surface area contributed by atoms with Gasteiger partial charge in [-0.05, 0) is 40.7 Å². The van der Waals surface area contributed by atoms with Crippen molar-refractivity contribution in [2.75, 3.05) is 0 Å². The van der Waals surface area contributed by atoms with Gasteiger partial charge in [0.15, 0.2) is 0 Å². The van der Waals surface area contributed by atoms with E-state index in [0.29, 0.717) is 17.4 Å². The molecule has 1 aliphatic heterocycles. The van der Waals surface area contributed by atoms with Crippen molar-refractivity contribution in [3.05, 3.63) is 76.4 Å². The average molecular weight is 301 g/mol. The second-order valence-electron chi connectivity index (χ2n) is 6.50. The van der Waals surface area contributed by atoms with Crippen LogP contribution < -0.4 is 5.32 Å². The largest absolute Gasteiger partial charge is 0.289 e. The lowest BCUT2D eigenvalue weighted by molar-refractivity contribution is -0.123. The quantitative estimate of drug-likeness (QED) is 0.823. The van der Waals surface area contributed by atoms with Gasteiger partial charge in [0.2, 0.25) is 0 Å². The lowest BCUT2D eigenvalue weighted by atomic mass is 9.62. The first-order chi connectivity index (χ1) is 11.2. The van der Waals surface area contributed by atoms with Crippen LogP contribution in [0.3, 0.4) is 0 Å². The van der Waals surface area contributed by atoms with E-state index in [1.54, 1.807) is 0 Å². The maximum absolute atomic E-state index is 12.1. The molecule has 4 aliphatic rings. The summed E-state index contributed by atoms with van der Waals surface area (Å²) in [5.41, 5.74) is 6.82. The van der Waals surface area contributed by atoms with Crippen molar-refractivity contribution in [1.82, 2.24) is 5.32 Å². The Morgan fingerprint density at radius 1 is 0.826 bits per heavy atom. The van der Waals surface area contributed by atoms with Gasteiger partial charge in [0.1, 0.15) is 0 Å². The molecule has 2 bridgehead atoms. The van der Waals surface area contributed by atoms with E-state index < -0.39 is 0 Å². The van der Waals surface area contributed by atoms with Gasteiger partial charge < -0.3 is 0 Å². The molecule has 0 saturated heterocycles. The summed E-state index contributed by atoms with van der Waals surface area (Å²) in [4.78, 5) is 23.7. The molecule has 6 rings (SSSR count). The third kappa shape index (κ3) is 1.65. The van der Waals surface area contributed by atoms with Gasteiger partial charge in [-0.1, -0.05) is 42.5 Å². The highest BCUT2D eigenvalue weighted by Crippen LogP contribution is 2.54. The summed E-state index contributed by atoms with van der Waals surface area (Å²) in [5, 5.41) is 2.36. The van der Waals surface area contributed by atoms with E-state index in [0.717, 1.165) is 18.4 Å². The molecule has 2 aromatic carbocycles. The van der Waals surface area contributed by atoms with Gasteiger partial charge in [-0.25, -0.2) is 0 Å². The molecule has 3 heteroatoms. The number of hydrogen-bond acceptors (Lipinski definition) is 2. The molecule has 0 fully saturated rings. The average Bonchev–Trinajstić information content (AvgIpc) is 2.93. The highest BCUT2D eigenvalue weighted by atomic mass is 16.2. The fourth-order valence-corrected chi connectivity index (χ4v) is 4.54. The van der Waals surface area contributed by atoms with Crippen molar-refractivity contribution in [3.8, 4) is 0 Å². The van der Waals surface area contributed by atoms with Gasteiger partial charge in [0.25, 0.3) is 11.8 Å². The molecule has 3 nitrogen and oxygen atoms in total. The topological polar surface area (TPSA) is 46.2 Å². The van der Waals surface area contributed by atoms with Crippen molar-refractivity contribution >= 4 is 17.4 Å². The van der Waals surface area contributed by atoms with Gasteiger partial charge in [-0.3, -0.25) is 14.9 Å². The van der Waals surface area contributed by atoms with Crippen molar-refractivity contribution in [2.45, 2.75) is 24.7 Å². The second kappa shape index (κ2) is 4.42. The molecule has 0 aromatic heterocycles. The molecular formula is C20H15NO2. The number of rotatable bonds is 1. The number of amides is 2. The number of nitrogens with one attached hydrogen (secondary N) is 1. The maximum atomic E-state index is 12.1. The highest BCUT2D eigenvalue weighted by Gasteiger charge is 2.39. The molecule has 2 aromatic rings. The zero-order chi connectivity index (χ0) is 15.6. The lowest BCUT2D eigenvalue weighted by Gasteiger charge is -2.41. The molecule has 0 spiro atoms. The van der Waals surface area contributed by atoms with Crippen molar-refractivity contribution in [3.63, 3.8) is 0 Å². The van der Waals surface area contributed by atoms with Crippen LogP contribution in [0.4, 0.5) is 0 Å². The molecule has 112 valence electrons. The number of benzene rings is 2. The molecule has 1 heterocycles. The Kier molecular flexibility index (Phi) is 2.46. The highest BCUT2D eigenvalue weighted by molar-refractivity contribution is 6.33. The predicted octanol–water partition coefficient (Wildman–Crippen LogP) is 3.10. The molecule has 2 atom stereocenters. The Bertz CT molecular complexity index is 910. The molecule has 2 unspecified atom stereocenters. The zero-order valence-corrected chi connectivity index (χ0v) is 12.5. The minimum absolute atomic E-state index is 0.280. The fraction of sp³-hybridized carbons (Fsp3) is 0.200. The summed E-state index contributed by atoms with van der Waals surface area (Å²) < 4.78 is 0. The van der Waals surface area contributed by atoms with Crippen LogP contribution in [-0.2, 0) is 9.59 Å². The van der Waals surface area contributed by atoms with Crippen LogP contribution in [0, 0.1) is 0 Å². The second-order valence-corrected chi connectivity index (χ2v) is 6.50. The first kappa shape index (κ1) is 12.8. The standard InChI is InChI=1S/C20H15NO2/c22-18-10-17(20(23)21-18)15-7-3-6-14-13-8-9-16(19(14)15)12-5-2-1-4-11(12)13/h1-7,10,13,16H,8-9H2,(H,21,22,23). The van der Waals surface area contributed by atoms with Crippen LogP contribution in [0.25, 0.3) is 5.57 Å². The lowest BCUT2D eigenvalue weighted by Crippen LogP contribution is -2.27. The van der Waals surface area contributed by atoms with E-state index >= 15 is 0 Å². The monoisotopic (exact) mass is 301 g/mol. The summed E-state index contributed by atoms with van der Waals surface area (Å²) >= 11 is 0. The summed E-state index contributed by atoms with van der Waals surface area (Å²) in [6.45, 7) is 0. The number of hydrogen-bond donors (Lipinski definition) is 1. The van der Waals surface area contributed by atoms with E-state index in [1.807, 2.05) is 12.1 Å². The van der Waals surface area contributed by atoms with E-state index in [2.05, 4.69) is 35.6 Å². The Morgan fingerprint density at radius 2 is 1.52 bits per heavy atom. The summed E-state index contributed by atoms with van der Waals surface area (Å²) in [6.07, 6.45) is 3.70. The predicted molar refractivity (Wildman–Crippen MR) is 86.9 cm³/mol. The van der Waals surface area contributed by atoms with Gasteiger partial charge in [0, 0.05) is 17.9 Å².